The summed E-state index contributed by atoms with van der Waals surface area (Å²) in [6.07, 6.45) is 2.33. The van der Waals surface area contributed by atoms with Gasteiger partial charge in [-0.05, 0) is 18.4 Å². The number of hydrogen-bond acceptors (Lipinski definition) is 3. The molecule has 0 aliphatic heterocycles. The third-order valence-electron chi connectivity index (χ3n) is 1.81. The minimum atomic E-state index is -0.543. The topological polar surface area (TPSA) is 68.1 Å². The maximum atomic E-state index is 11.4. The minimum absolute atomic E-state index is 0.388. The van der Waals surface area contributed by atoms with E-state index in [1.807, 2.05) is 13.8 Å². The average Bonchev–Trinajstić information content (AvgIpc) is 2.55. The van der Waals surface area contributed by atoms with Gasteiger partial charge < -0.3 is 15.5 Å². The van der Waals surface area contributed by atoms with Gasteiger partial charge in [0.05, 0.1) is 0 Å². The van der Waals surface area contributed by atoms with Crippen LogP contribution in [0, 0.1) is 5.92 Å². The second-order valence-corrected chi connectivity index (χ2v) is 3.69. The van der Waals surface area contributed by atoms with Crippen molar-refractivity contribution in [2.75, 3.05) is 0 Å². The van der Waals surface area contributed by atoms with Crippen LogP contribution in [0.4, 0.5) is 0 Å². The number of nitrogens with one attached hydrogen (secondary N) is 1. The van der Waals surface area contributed by atoms with Gasteiger partial charge in [-0.3, -0.25) is 0 Å². The van der Waals surface area contributed by atoms with Crippen LogP contribution in [-0.4, -0.2) is 17.0 Å². The molecule has 0 radical (unpaired) electrons. The normalized spacial score (nSPS) is 12.9. The molecule has 1 atom stereocenters. The van der Waals surface area contributed by atoms with E-state index in [1.165, 1.54) is 0 Å². The van der Waals surface area contributed by atoms with Gasteiger partial charge in [0.1, 0.15) is 6.04 Å². The molecule has 0 unspecified atom stereocenters. The number of carbonyl (C=O) groups is 1. The first-order valence-corrected chi connectivity index (χ1v) is 4.70. The Balaban J connectivity index is 2.42. The summed E-state index contributed by atoms with van der Waals surface area (Å²) < 4.78 is 5.00. The van der Waals surface area contributed by atoms with Gasteiger partial charge in [-0.2, -0.15) is 0 Å². The largest absolute Gasteiger partial charge is 0.408 e. The lowest BCUT2D eigenvalue weighted by atomic mass is 10.1. The van der Waals surface area contributed by atoms with E-state index < -0.39 is 6.04 Å². The maximum absolute atomic E-state index is 11.4. The SMILES string of the molecule is CC(C)C[C@H](N)C(=O)Oc1ccc[nH]1. The highest BCUT2D eigenvalue weighted by atomic mass is 16.5. The maximum Gasteiger partial charge on any atom is 0.329 e. The molecule has 0 saturated carbocycles. The molecule has 0 amide bonds. The van der Waals surface area contributed by atoms with Crippen molar-refractivity contribution in [3.8, 4) is 5.88 Å². The van der Waals surface area contributed by atoms with Gasteiger partial charge in [0.25, 0.3) is 0 Å². The number of hydrogen-bond donors (Lipinski definition) is 2. The zero-order chi connectivity index (χ0) is 10.6. The molecule has 1 heterocycles. The van der Waals surface area contributed by atoms with Crippen LogP contribution in [0.15, 0.2) is 18.3 Å². The fourth-order valence-corrected chi connectivity index (χ4v) is 1.17. The third kappa shape index (κ3) is 3.22. The number of H-pyrrole nitrogens is 1. The molecule has 1 aromatic heterocycles. The summed E-state index contributed by atoms with van der Waals surface area (Å²) in [4.78, 5) is 14.2. The van der Waals surface area contributed by atoms with E-state index in [4.69, 9.17) is 10.5 Å². The van der Waals surface area contributed by atoms with Crippen molar-refractivity contribution in [3.63, 3.8) is 0 Å². The predicted octanol–water partition coefficient (Wildman–Crippen LogP) is 1.29. The van der Waals surface area contributed by atoms with Crippen molar-refractivity contribution in [3.05, 3.63) is 18.3 Å². The van der Waals surface area contributed by atoms with Crippen LogP contribution >= 0.6 is 0 Å². The van der Waals surface area contributed by atoms with Crippen LogP contribution < -0.4 is 10.5 Å². The van der Waals surface area contributed by atoms with Crippen LogP contribution in [0.1, 0.15) is 20.3 Å². The van der Waals surface area contributed by atoms with Crippen LogP contribution in [-0.2, 0) is 4.79 Å². The van der Waals surface area contributed by atoms with Gasteiger partial charge >= 0.3 is 5.97 Å². The van der Waals surface area contributed by atoms with Gasteiger partial charge in [-0.15, -0.1) is 0 Å². The first-order valence-electron chi connectivity index (χ1n) is 4.70. The van der Waals surface area contributed by atoms with Gasteiger partial charge in [0.2, 0.25) is 5.88 Å². The molecule has 3 N–H and O–H groups in total. The van der Waals surface area contributed by atoms with Crippen molar-refractivity contribution in [2.45, 2.75) is 26.3 Å². The van der Waals surface area contributed by atoms with E-state index in [1.54, 1.807) is 18.3 Å². The number of aromatic amines is 1. The number of esters is 1. The second-order valence-electron chi connectivity index (χ2n) is 3.69. The first-order chi connectivity index (χ1) is 6.59. The number of ether oxygens (including phenoxy) is 1. The van der Waals surface area contributed by atoms with Crippen molar-refractivity contribution in [1.29, 1.82) is 0 Å². The second kappa shape index (κ2) is 4.81. The summed E-state index contributed by atoms with van der Waals surface area (Å²) in [5.74, 6) is 0.441. The standard InChI is InChI=1S/C10H16N2O2/c1-7(2)6-8(11)10(13)14-9-4-3-5-12-9/h3-5,7-8,12H,6,11H2,1-2H3/t8-/m0/s1. The molecule has 4 heteroatoms. The predicted molar refractivity (Wildman–Crippen MR) is 53.9 cm³/mol. The van der Waals surface area contributed by atoms with Crippen LogP contribution in [0.5, 0.6) is 5.88 Å². The Morgan fingerprint density at radius 1 is 1.64 bits per heavy atom. The number of nitrogens with two attached hydrogens (primary N) is 1. The van der Waals surface area contributed by atoms with E-state index in [0.717, 1.165) is 0 Å². The summed E-state index contributed by atoms with van der Waals surface area (Å²) in [6.45, 7) is 4.03. The molecule has 1 aromatic rings. The van der Waals surface area contributed by atoms with E-state index in [2.05, 4.69) is 4.98 Å². The fraction of sp³-hybridized carbons (Fsp3) is 0.500. The third-order valence-corrected chi connectivity index (χ3v) is 1.81. The summed E-state index contributed by atoms with van der Waals surface area (Å²) in [6, 6.07) is 2.90. The Kier molecular flexibility index (Phi) is 3.71. The smallest absolute Gasteiger partial charge is 0.329 e. The van der Waals surface area contributed by atoms with E-state index in [-0.39, 0.29) is 5.97 Å². The highest BCUT2D eigenvalue weighted by Gasteiger charge is 2.17. The van der Waals surface area contributed by atoms with Gasteiger partial charge in [0, 0.05) is 12.3 Å². The molecule has 0 fully saturated rings. The highest BCUT2D eigenvalue weighted by Crippen LogP contribution is 2.08. The first kappa shape index (κ1) is 10.8. The molecular formula is C10H16N2O2. The Hall–Kier alpha value is -1.29. The Bertz CT molecular complexity index is 280. The molecule has 14 heavy (non-hydrogen) atoms. The van der Waals surface area contributed by atoms with Crippen molar-refractivity contribution < 1.29 is 9.53 Å². The molecular weight excluding hydrogens is 180 g/mol. The molecule has 0 aliphatic rings. The van der Waals surface area contributed by atoms with Crippen molar-refractivity contribution in [2.24, 2.45) is 11.7 Å². The lowest BCUT2D eigenvalue weighted by Gasteiger charge is -2.11. The Morgan fingerprint density at radius 3 is 2.86 bits per heavy atom. The van der Waals surface area contributed by atoms with Gasteiger partial charge in [-0.1, -0.05) is 13.8 Å². The average molecular weight is 196 g/mol. The van der Waals surface area contributed by atoms with Crippen LogP contribution in [0.25, 0.3) is 0 Å². The van der Waals surface area contributed by atoms with E-state index >= 15 is 0 Å². The summed E-state index contributed by atoms with van der Waals surface area (Å²) in [5, 5.41) is 0. The molecule has 0 aromatic carbocycles. The number of carbonyl (C=O) groups excluding carboxylic acids is 1. The lowest BCUT2D eigenvalue weighted by Crippen LogP contribution is -2.35. The zero-order valence-electron chi connectivity index (χ0n) is 8.49. The summed E-state index contributed by atoms with van der Waals surface area (Å²) >= 11 is 0. The Labute approximate surface area is 83.4 Å². The molecule has 0 aliphatic carbocycles. The minimum Gasteiger partial charge on any atom is -0.408 e. The monoisotopic (exact) mass is 196 g/mol. The fourth-order valence-electron chi connectivity index (χ4n) is 1.17. The molecule has 0 saturated heterocycles. The quantitative estimate of drug-likeness (QED) is 0.713. The van der Waals surface area contributed by atoms with Gasteiger partial charge in [0.15, 0.2) is 0 Å². The van der Waals surface area contributed by atoms with Crippen LogP contribution in [0.2, 0.25) is 0 Å². The highest BCUT2D eigenvalue weighted by molar-refractivity contribution is 5.77. The molecule has 4 nitrogen and oxygen atoms in total. The van der Waals surface area contributed by atoms with Crippen molar-refractivity contribution >= 4 is 5.97 Å². The number of aromatic nitrogens is 1. The van der Waals surface area contributed by atoms with Gasteiger partial charge in [-0.25, -0.2) is 4.79 Å². The molecule has 1 rings (SSSR count). The lowest BCUT2D eigenvalue weighted by molar-refractivity contribution is -0.136. The summed E-state index contributed by atoms with van der Waals surface area (Å²) in [7, 11) is 0. The number of rotatable bonds is 4. The summed E-state index contributed by atoms with van der Waals surface area (Å²) in [5.41, 5.74) is 5.65. The van der Waals surface area contributed by atoms with Crippen molar-refractivity contribution in [1.82, 2.24) is 4.98 Å². The molecule has 0 bridgehead atoms. The Morgan fingerprint density at radius 2 is 2.36 bits per heavy atom. The van der Waals surface area contributed by atoms with Crippen LogP contribution in [0.3, 0.4) is 0 Å². The zero-order valence-corrected chi connectivity index (χ0v) is 8.49. The van der Waals surface area contributed by atoms with E-state index in [9.17, 15) is 4.79 Å². The van der Waals surface area contributed by atoms with E-state index in [0.29, 0.717) is 18.2 Å². The molecule has 78 valence electrons. The molecule has 0 spiro atoms.